The molecule has 2 aromatic heterocycles. The van der Waals surface area contributed by atoms with Gasteiger partial charge in [-0.15, -0.1) is 0 Å². The smallest absolute Gasteiger partial charge is 0.231 e. The summed E-state index contributed by atoms with van der Waals surface area (Å²) in [6, 6.07) is 27.9. The van der Waals surface area contributed by atoms with Crippen molar-refractivity contribution < 1.29 is 8.83 Å². The van der Waals surface area contributed by atoms with Gasteiger partial charge in [0, 0.05) is 10.9 Å². The van der Waals surface area contributed by atoms with Crippen molar-refractivity contribution in [3.05, 3.63) is 84.9 Å². The summed E-state index contributed by atoms with van der Waals surface area (Å²) < 4.78 is 12.3. The van der Waals surface area contributed by atoms with Crippen LogP contribution >= 0.6 is 0 Å². The Morgan fingerprint density at radius 1 is 0.643 bits per heavy atom. The van der Waals surface area contributed by atoms with Crippen LogP contribution < -0.4 is 0 Å². The van der Waals surface area contributed by atoms with E-state index in [0.29, 0.717) is 17.4 Å². The average molecular weight is 362 g/mol. The molecule has 0 saturated carbocycles. The Hall–Kier alpha value is -3.92. The highest BCUT2D eigenvalue weighted by molar-refractivity contribution is 6.09. The lowest BCUT2D eigenvalue weighted by Crippen LogP contribution is -1.82. The SMILES string of the molecule is c1ccc(-c2nc3c(o2)c(-c2nc4ccccc4o2)cc2ccccc23)cc1. The topological polar surface area (TPSA) is 52.1 Å². The highest BCUT2D eigenvalue weighted by atomic mass is 16.4. The van der Waals surface area contributed by atoms with Gasteiger partial charge >= 0.3 is 0 Å². The Morgan fingerprint density at radius 3 is 2.32 bits per heavy atom. The van der Waals surface area contributed by atoms with E-state index < -0.39 is 0 Å². The molecule has 0 bridgehead atoms. The van der Waals surface area contributed by atoms with Crippen LogP contribution in [0.3, 0.4) is 0 Å². The van der Waals surface area contributed by atoms with Crippen molar-refractivity contribution in [1.82, 2.24) is 9.97 Å². The second-order valence-corrected chi connectivity index (χ2v) is 6.69. The first-order valence-electron chi connectivity index (χ1n) is 9.10. The quantitative estimate of drug-likeness (QED) is 0.355. The van der Waals surface area contributed by atoms with Crippen LogP contribution in [0, 0.1) is 0 Å². The van der Waals surface area contributed by atoms with Crippen LogP contribution in [-0.2, 0) is 0 Å². The molecule has 132 valence electrons. The molecule has 2 heterocycles. The van der Waals surface area contributed by atoms with Gasteiger partial charge in [-0.2, -0.15) is 0 Å². The summed E-state index contributed by atoms with van der Waals surface area (Å²) >= 11 is 0. The van der Waals surface area contributed by atoms with E-state index in [4.69, 9.17) is 13.8 Å². The van der Waals surface area contributed by atoms with E-state index in [2.05, 4.69) is 23.2 Å². The minimum Gasteiger partial charge on any atom is -0.436 e. The second kappa shape index (κ2) is 5.79. The molecule has 0 N–H and O–H groups in total. The molecule has 0 aliphatic rings. The van der Waals surface area contributed by atoms with Crippen LogP contribution in [-0.4, -0.2) is 9.97 Å². The molecule has 4 aromatic carbocycles. The summed E-state index contributed by atoms with van der Waals surface area (Å²) in [5, 5.41) is 2.11. The van der Waals surface area contributed by atoms with Crippen LogP contribution in [0.15, 0.2) is 93.8 Å². The van der Waals surface area contributed by atoms with E-state index in [-0.39, 0.29) is 0 Å². The van der Waals surface area contributed by atoms with Gasteiger partial charge in [0.25, 0.3) is 0 Å². The molecule has 0 aliphatic heterocycles. The predicted molar refractivity (Wildman–Crippen MR) is 110 cm³/mol. The number of para-hydroxylation sites is 2. The van der Waals surface area contributed by atoms with E-state index >= 15 is 0 Å². The van der Waals surface area contributed by atoms with Crippen molar-refractivity contribution in [2.45, 2.75) is 0 Å². The number of aromatic nitrogens is 2. The van der Waals surface area contributed by atoms with Crippen molar-refractivity contribution >= 4 is 33.0 Å². The maximum absolute atomic E-state index is 6.23. The zero-order valence-corrected chi connectivity index (χ0v) is 14.8. The molecule has 4 heteroatoms. The Kier molecular flexibility index (Phi) is 3.14. The third kappa shape index (κ3) is 2.25. The molecule has 28 heavy (non-hydrogen) atoms. The van der Waals surface area contributed by atoms with Gasteiger partial charge in [-0.3, -0.25) is 0 Å². The van der Waals surface area contributed by atoms with Gasteiger partial charge in [-0.1, -0.05) is 54.6 Å². The zero-order chi connectivity index (χ0) is 18.5. The summed E-state index contributed by atoms with van der Waals surface area (Å²) in [6.45, 7) is 0. The van der Waals surface area contributed by atoms with Crippen molar-refractivity contribution in [2.24, 2.45) is 0 Å². The summed E-state index contributed by atoms with van der Waals surface area (Å²) in [5.74, 6) is 1.12. The normalized spacial score (nSPS) is 11.6. The van der Waals surface area contributed by atoms with Crippen LogP contribution in [0.4, 0.5) is 0 Å². The predicted octanol–water partition coefficient (Wildman–Crippen LogP) is 6.46. The molecule has 4 nitrogen and oxygen atoms in total. The lowest BCUT2D eigenvalue weighted by Gasteiger charge is -2.02. The molecule has 0 spiro atoms. The van der Waals surface area contributed by atoms with Gasteiger partial charge in [0.1, 0.15) is 11.0 Å². The highest BCUT2D eigenvalue weighted by Gasteiger charge is 2.19. The second-order valence-electron chi connectivity index (χ2n) is 6.69. The molecule has 6 rings (SSSR count). The fraction of sp³-hybridized carbons (Fsp3) is 0. The van der Waals surface area contributed by atoms with Crippen molar-refractivity contribution in [1.29, 1.82) is 0 Å². The molecular weight excluding hydrogens is 348 g/mol. The van der Waals surface area contributed by atoms with Gasteiger partial charge in [0.2, 0.25) is 11.8 Å². The molecule has 0 radical (unpaired) electrons. The number of hydrogen-bond donors (Lipinski definition) is 0. The van der Waals surface area contributed by atoms with Crippen LogP contribution in [0.25, 0.3) is 55.9 Å². The molecule has 0 amide bonds. The molecule has 0 fully saturated rings. The maximum atomic E-state index is 6.23. The summed E-state index contributed by atoms with van der Waals surface area (Å²) in [5.41, 5.74) is 4.81. The molecule has 0 saturated heterocycles. The first kappa shape index (κ1) is 15.2. The van der Waals surface area contributed by atoms with E-state index in [0.717, 1.165) is 38.5 Å². The number of benzene rings is 4. The number of nitrogens with zero attached hydrogens (tertiary/aromatic N) is 2. The van der Waals surface area contributed by atoms with Gasteiger partial charge in [-0.25, -0.2) is 9.97 Å². The number of rotatable bonds is 2. The number of hydrogen-bond acceptors (Lipinski definition) is 4. The van der Waals surface area contributed by atoms with Gasteiger partial charge in [-0.05, 0) is 35.7 Å². The summed E-state index contributed by atoms with van der Waals surface area (Å²) in [4.78, 5) is 9.48. The zero-order valence-electron chi connectivity index (χ0n) is 14.8. The van der Waals surface area contributed by atoms with Gasteiger partial charge in [0.15, 0.2) is 11.2 Å². The monoisotopic (exact) mass is 362 g/mol. The van der Waals surface area contributed by atoms with Crippen molar-refractivity contribution in [3.63, 3.8) is 0 Å². The molecule has 0 atom stereocenters. The third-order valence-corrected chi connectivity index (χ3v) is 4.93. The minimum absolute atomic E-state index is 0.535. The Labute approximate surface area is 160 Å². The molecule has 0 aliphatic carbocycles. The maximum Gasteiger partial charge on any atom is 0.231 e. The minimum atomic E-state index is 0.535. The lowest BCUT2D eigenvalue weighted by atomic mass is 10.0. The van der Waals surface area contributed by atoms with E-state index in [1.807, 2.05) is 66.7 Å². The summed E-state index contributed by atoms with van der Waals surface area (Å²) in [7, 11) is 0. The van der Waals surface area contributed by atoms with Crippen LogP contribution in [0.1, 0.15) is 0 Å². The molecular formula is C24H14N2O2. The van der Waals surface area contributed by atoms with E-state index in [9.17, 15) is 0 Å². The first-order valence-corrected chi connectivity index (χ1v) is 9.10. The summed E-state index contributed by atoms with van der Waals surface area (Å²) in [6.07, 6.45) is 0. The van der Waals surface area contributed by atoms with Crippen molar-refractivity contribution in [2.75, 3.05) is 0 Å². The van der Waals surface area contributed by atoms with Gasteiger partial charge < -0.3 is 8.83 Å². The first-order chi connectivity index (χ1) is 13.9. The number of oxazole rings is 2. The Morgan fingerprint density at radius 2 is 1.43 bits per heavy atom. The van der Waals surface area contributed by atoms with Crippen LogP contribution in [0.2, 0.25) is 0 Å². The van der Waals surface area contributed by atoms with E-state index in [1.165, 1.54) is 0 Å². The van der Waals surface area contributed by atoms with E-state index in [1.54, 1.807) is 0 Å². The highest BCUT2D eigenvalue weighted by Crippen LogP contribution is 2.37. The van der Waals surface area contributed by atoms with Crippen LogP contribution in [0.5, 0.6) is 0 Å². The Bertz CT molecular complexity index is 1430. The van der Waals surface area contributed by atoms with Crippen molar-refractivity contribution in [3.8, 4) is 22.9 Å². The largest absolute Gasteiger partial charge is 0.436 e. The fourth-order valence-electron chi connectivity index (χ4n) is 3.60. The fourth-order valence-corrected chi connectivity index (χ4v) is 3.60. The average Bonchev–Trinajstić information content (AvgIpc) is 3.38. The standard InChI is InChI=1S/C24H14N2O2/c1-2-8-15(9-3-1)23-26-21-17-11-5-4-10-16(17)14-18(22(21)28-23)24-25-19-12-6-7-13-20(19)27-24/h1-14H. The number of fused-ring (bicyclic) bond motifs is 4. The molecule has 6 aromatic rings. The molecule has 0 unspecified atom stereocenters. The van der Waals surface area contributed by atoms with Gasteiger partial charge in [0.05, 0.1) is 5.56 Å². The third-order valence-electron chi connectivity index (χ3n) is 4.93. The lowest BCUT2D eigenvalue weighted by molar-refractivity contribution is 0.604. The Balaban J connectivity index is 1.70.